The molecule has 0 amide bonds. The molecule has 0 radical (unpaired) electrons. The number of nitrogens with one attached hydrogen (secondary N) is 1. The Hall–Kier alpha value is -1.79. The lowest BCUT2D eigenvalue weighted by Crippen LogP contribution is -1.97. The van der Waals surface area contributed by atoms with Crippen molar-refractivity contribution in [2.45, 2.75) is 4.90 Å². The van der Waals surface area contributed by atoms with Crippen LogP contribution in [0.2, 0.25) is 0 Å². The van der Waals surface area contributed by atoms with Gasteiger partial charge in [0.25, 0.3) is 0 Å². The zero-order valence-electron chi connectivity index (χ0n) is 11.1. The van der Waals surface area contributed by atoms with Gasteiger partial charge in [0, 0.05) is 11.0 Å². The van der Waals surface area contributed by atoms with Crippen LogP contribution >= 0.6 is 24.0 Å². The van der Waals surface area contributed by atoms with E-state index in [4.69, 9.17) is 17.0 Å². The SMILES string of the molecule is COc1ccc2[nH]c(=S)n(-c3cccc(SC)c3)c2n1. The van der Waals surface area contributed by atoms with E-state index in [0.717, 1.165) is 16.9 Å². The predicted molar refractivity (Wildman–Crippen MR) is 84.6 cm³/mol. The fourth-order valence-electron chi connectivity index (χ4n) is 2.07. The number of nitrogens with zero attached hydrogens (tertiary/aromatic N) is 2. The van der Waals surface area contributed by atoms with Crippen molar-refractivity contribution in [2.75, 3.05) is 13.4 Å². The second-order valence-electron chi connectivity index (χ2n) is 4.19. The van der Waals surface area contributed by atoms with Crippen molar-refractivity contribution in [2.24, 2.45) is 0 Å². The van der Waals surface area contributed by atoms with Gasteiger partial charge >= 0.3 is 0 Å². The van der Waals surface area contributed by atoms with Crippen molar-refractivity contribution in [1.29, 1.82) is 0 Å². The molecule has 0 unspecified atom stereocenters. The molecular formula is C14H13N3OS2. The fraction of sp³-hybridized carbons (Fsp3) is 0.143. The van der Waals surface area contributed by atoms with Crippen LogP contribution in [0.25, 0.3) is 16.9 Å². The second-order valence-corrected chi connectivity index (χ2v) is 5.46. The highest BCUT2D eigenvalue weighted by atomic mass is 32.2. The number of H-pyrrole nitrogens is 1. The molecule has 20 heavy (non-hydrogen) atoms. The minimum absolute atomic E-state index is 0.571. The van der Waals surface area contributed by atoms with Crippen LogP contribution in [-0.2, 0) is 0 Å². The summed E-state index contributed by atoms with van der Waals surface area (Å²) >= 11 is 7.11. The van der Waals surface area contributed by atoms with E-state index in [9.17, 15) is 0 Å². The summed E-state index contributed by atoms with van der Waals surface area (Å²) in [5.41, 5.74) is 2.66. The van der Waals surface area contributed by atoms with Gasteiger partial charge in [-0.25, -0.2) is 0 Å². The average molecular weight is 303 g/mol. The van der Waals surface area contributed by atoms with E-state index in [1.807, 2.05) is 28.8 Å². The van der Waals surface area contributed by atoms with Gasteiger partial charge in [-0.2, -0.15) is 4.98 Å². The number of hydrogen-bond donors (Lipinski definition) is 1. The largest absolute Gasteiger partial charge is 0.481 e. The number of hydrogen-bond acceptors (Lipinski definition) is 4. The summed E-state index contributed by atoms with van der Waals surface area (Å²) in [4.78, 5) is 8.83. The van der Waals surface area contributed by atoms with Crippen LogP contribution in [0.3, 0.4) is 0 Å². The first-order chi connectivity index (χ1) is 9.72. The molecule has 3 aromatic rings. The Morgan fingerprint density at radius 1 is 1.30 bits per heavy atom. The molecule has 102 valence electrons. The Labute approximate surface area is 125 Å². The monoisotopic (exact) mass is 303 g/mol. The number of ether oxygens (including phenoxy) is 1. The number of thioether (sulfide) groups is 1. The van der Waals surface area contributed by atoms with Crippen LogP contribution in [0.1, 0.15) is 0 Å². The Morgan fingerprint density at radius 3 is 2.90 bits per heavy atom. The number of imidazole rings is 1. The predicted octanol–water partition coefficient (Wildman–Crippen LogP) is 3.81. The maximum Gasteiger partial charge on any atom is 0.215 e. The van der Waals surface area contributed by atoms with Gasteiger partial charge in [0.15, 0.2) is 10.4 Å². The van der Waals surface area contributed by atoms with Crippen molar-refractivity contribution in [3.63, 3.8) is 0 Å². The van der Waals surface area contributed by atoms with E-state index in [1.165, 1.54) is 4.90 Å². The first-order valence-corrected chi connectivity index (χ1v) is 7.66. The smallest absolute Gasteiger partial charge is 0.215 e. The van der Waals surface area contributed by atoms with Gasteiger partial charge in [-0.05, 0) is 42.7 Å². The highest BCUT2D eigenvalue weighted by molar-refractivity contribution is 7.98. The molecule has 0 saturated carbocycles. The van der Waals surface area contributed by atoms with Crippen LogP contribution < -0.4 is 4.74 Å². The molecular weight excluding hydrogens is 290 g/mol. The van der Waals surface area contributed by atoms with Crippen molar-refractivity contribution in [3.05, 3.63) is 41.2 Å². The Morgan fingerprint density at radius 2 is 2.15 bits per heavy atom. The first-order valence-electron chi connectivity index (χ1n) is 6.03. The molecule has 0 spiro atoms. The van der Waals surface area contributed by atoms with Crippen molar-refractivity contribution in [3.8, 4) is 11.6 Å². The van der Waals surface area contributed by atoms with Gasteiger partial charge in [-0.1, -0.05) is 6.07 Å². The van der Waals surface area contributed by atoms with Gasteiger partial charge in [-0.15, -0.1) is 11.8 Å². The Kier molecular flexibility index (Phi) is 3.50. The summed E-state index contributed by atoms with van der Waals surface area (Å²) < 4.78 is 7.74. The lowest BCUT2D eigenvalue weighted by molar-refractivity contribution is 0.399. The lowest BCUT2D eigenvalue weighted by Gasteiger charge is -2.06. The van der Waals surface area contributed by atoms with Crippen LogP contribution in [0.5, 0.6) is 5.88 Å². The average Bonchev–Trinajstić information content (AvgIpc) is 2.82. The summed E-state index contributed by atoms with van der Waals surface area (Å²) in [5, 5.41) is 0. The third-order valence-corrected chi connectivity index (χ3v) is 4.04. The zero-order valence-corrected chi connectivity index (χ0v) is 12.7. The van der Waals surface area contributed by atoms with E-state index in [-0.39, 0.29) is 0 Å². The van der Waals surface area contributed by atoms with Gasteiger partial charge in [-0.3, -0.25) is 4.57 Å². The maximum atomic E-state index is 5.41. The first kappa shape index (κ1) is 13.2. The molecule has 0 aliphatic carbocycles. The van der Waals surface area contributed by atoms with Crippen molar-refractivity contribution >= 4 is 35.1 Å². The number of benzene rings is 1. The minimum atomic E-state index is 0.571. The van der Waals surface area contributed by atoms with Crippen molar-refractivity contribution in [1.82, 2.24) is 14.5 Å². The summed E-state index contributed by atoms with van der Waals surface area (Å²) in [5.74, 6) is 0.571. The van der Waals surface area contributed by atoms with E-state index >= 15 is 0 Å². The molecule has 0 aliphatic heterocycles. The van der Waals surface area contributed by atoms with E-state index < -0.39 is 0 Å². The third kappa shape index (κ3) is 2.21. The highest BCUT2D eigenvalue weighted by Crippen LogP contribution is 2.23. The van der Waals surface area contributed by atoms with E-state index in [0.29, 0.717) is 10.7 Å². The number of aromatic amines is 1. The van der Waals surface area contributed by atoms with Gasteiger partial charge in [0.1, 0.15) is 0 Å². The summed E-state index contributed by atoms with van der Waals surface area (Å²) in [6.07, 6.45) is 2.05. The molecule has 0 fully saturated rings. The fourth-order valence-corrected chi connectivity index (χ4v) is 2.82. The molecule has 2 heterocycles. The molecule has 0 atom stereocenters. The number of pyridine rings is 1. The summed E-state index contributed by atoms with van der Waals surface area (Å²) in [6.45, 7) is 0. The van der Waals surface area contributed by atoms with Crippen LogP contribution in [-0.4, -0.2) is 27.9 Å². The molecule has 0 aliphatic rings. The molecule has 1 aromatic carbocycles. The molecule has 4 nitrogen and oxygen atoms in total. The number of methoxy groups -OCH3 is 1. The van der Waals surface area contributed by atoms with Crippen LogP contribution in [0, 0.1) is 4.77 Å². The zero-order chi connectivity index (χ0) is 14.1. The lowest BCUT2D eigenvalue weighted by atomic mass is 10.3. The molecule has 0 saturated heterocycles. The molecule has 0 bridgehead atoms. The molecule has 6 heteroatoms. The molecule has 3 rings (SSSR count). The maximum absolute atomic E-state index is 5.41. The quantitative estimate of drug-likeness (QED) is 0.590. The van der Waals surface area contributed by atoms with Crippen LogP contribution in [0.15, 0.2) is 41.3 Å². The normalized spacial score (nSPS) is 10.9. The second kappa shape index (κ2) is 5.30. The van der Waals surface area contributed by atoms with E-state index in [1.54, 1.807) is 18.9 Å². The number of fused-ring (bicyclic) bond motifs is 1. The Balaban J connectivity index is 2.28. The Bertz CT molecular complexity index is 823. The molecule has 2 aromatic heterocycles. The van der Waals surface area contributed by atoms with Gasteiger partial charge in [0.2, 0.25) is 5.88 Å². The molecule has 1 N–H and O–H groups in total. The summed E-state index contributed by atoms with van der Waals surface area (Å²) in [7, 11) is 1.61. The van der Waals surface area contributed by atoms with Gasteiger partial charge in [0.05, 0.1) is 18.3 Å². The van der Waals surface area contributed by atoms with Crippen molar-refractivity contribution < 1.29 is 4.74 Å². The van der Waals surface area contributed by atoms with E-state index in [2.05, 4.69) is 28.4 Å². The highest BCUT2D eigenvalue weighted by Gasteiger charge is 2.09. The third-order valence-electron chi connectivity index (χ3n) is 3.03. The summed E-state index contributed by atoms with van der Waals surface area (Å²) in [6, 6.07) is 11.9. The number of aromatic nitrogens is 3. The number of rotatable bonds is 3. The standard InChI is InChI=1S/C14H13N3OS2/c1-18-12-7-6-11-13(16-12)17(14(19)15-11)9-4-3-5-10(8-9)20-2/h3-8H,1-2H3,(H,15,19). The minimum Gasteiger partial charge on any atom is -0.481 e. The topological polar surface area (TPSA) is 42.8 Å². The van der Waals surface area contributed by atoms with Gasteiger partial charge < -0.3 is 9.72 Å². The van der Waals surface area contributed by atoms with Crippen LogP contribution in [0.4, 0.5) is 0 Å².